The fourth-order valence-electron chi connectivity index (χ4n) is 2.51. The van der Waals surface area contributed by atoms with Crippen LogP contribution in [0.1, 0.15) is 12.5 Å². The van der Waals surface area contributed by atoms with Gasteiger partial charge in [-0.3, -0.25) is 5.32 Å². The van der Waals surface area contributed by atoms with Crippen molar-refractivity contribution in [3.63, 3.8) is 0 Å². The molecular formula is C20H20N2O2S. The van der Waals surface area contributed by atoms with Crippen molar-refractivity contribution in [2.45, 2.75) is 12.5 Å². The van der Waals surface area contributed by atoms with Gasteiger partial charge in [0.25, 0.3) is 0 Å². The standard InChI is InChI=1S/C20H20N2O2S/c1-20(24,14-21-19(23)22-18-8-5-13-25-18)17-11-9-16(10-12-17)15-6-3-2-4-7-15/h2-13,24H,14H2,1H3,(H2,21,22,23)/t20-/m0/s1. The fourth-order valence-corrected chi connectivity index (χ4v) is 3.13. The van der Waals surface area contributed by atoms with Crippen LogP contribution in [0.2, 0.25) is 0 Å². The topological polar surface area (TPSA) is 61.4 Å². The van der Waals surface area contributed by atoms with Gasteiger partial charge in [0, 0.05) is 0 Å². The largest absolute Gasteiger partial charge is 0.384 e. The number of nitrogens with one attached hydrogen (secondary N) is 2. The number of carbonyl (C=O) groups excluding carboxylic acids is 1. The Hall–Kier alpha value is -2.63. The summed E-state index contributed by atoms with van der Waals surface area (Å²) in [7, 11) is 0. The average molecular weight is 352 g/mol. The van der Waals surface area contributed by atoms with Crippen LogP contribution in [0.25, 0.3) is 11.1 Å². The molecule has 0 saturated carbocycles. The number of rotatable bonds is 5. The maximum atomic E-state index is 11.9. The summed E-state index contributed by atoms with van der Waals surface area (Å²) in [6, 6.07) is 21.2. The lowest BCUT2D eigenvalue weighted by Crippen LogP contribution is -2.40. The van der Waals surface area contributed by atoms with E-state index in [1.165, 1.54) is 11.3 Å². The lowest BCUT2D eigenvalue weighted by Gasteiger charge is -2.24. The summed E-state index contributed by atoms with van der Waals surface area (Å²) in [5.41, 5.74) is 1.82. The monoisotopic (exact) mass is 352 g/mol. The number of carbonyl (C=O) groups is 1. The van der Waals surface area contributed by atoms with Crippen molar-refractivity contribution in [2.24, 2.45) is 0 Å². The van der Waals surface area contributed by atoms with Crippen LogP contribution >= 0.6 is 11.3 Å². The minimum Gasteiger partial charge on any atom is -0.384 e. The molecule has 0 radical (unpaired) electrons. The van der Waals surface area contributed by atoms with E-state index in [0.29, 0.717) is 0 Å². The smallest absolute Gasteiger partial charge is 0.319 e. The summed E-state index contributed by atoms with van der Waals surface area (Å²) in [6.45, 7) is 1.81. The van der Waals surface area contributed by atoms with Crippen LogP contribution in [0.3, 0.4) is 0 Å². The molecule has 3 rings (SSSR count). The first-order chi connectivity index (χ1) is 12.0. The number of hydrogen-bond donors (Lipinski definition) is 3. The van der Waals surface area contributed by atoms with Crippen molar-refractivity contribution >= 4 is 22.4 Å². The van der Waals surface area contributed by atoms with Gasteiger partial charge in [-0.25, -0.2) is 4.79 Å². The quantitative estimate of drug-likeness (QED) is 0.635. The van der Waals surface area contributed by atoms with Gasteiger partial charge in [-0.15, -0.1) is 11.3 Å². The molecule has 0 spiro atoms. The predicted molar refractivity (Wildman–Crippen MR) is 103 cm³/mol. The van der Waals surface area contributed by atoms with Gasteiger partial charge in [0.15, 0.2) is 0 Å². The summed E-state index contributed by atoms with van der Waals surface area (Å²) in [4.78, 5) is 11.9. The van der Waals surface area contributed by atoms with Crippen LogP contribution in [-0.2, 0) is 5.60 Å². The molecule has 0 saturated heterocycles. The molecule has 128 valence electrons. The number of aliphatic hydroxyl groups is 1. The molecule has 5 heteroatoms. The third-order valence-corrected chi connectivity index (χ3v) is 4.75. The van der Waals surface area contributed by atoms with Crippen LogP contribution in [-0.4, -0.2) is 17.7 Å². The van der Waals surface area contributed by atoms with Gasteiger partial charge >= 0.3 is 6.03 Å². The number of anilines is 1. The number of thiophene rings is 1. The number of benzene rings is 2. The molecule has 4 nitrogen and oxygen atoms in total. The number of hydrogen-bond acceptors (Lipinski definition) is 3. The molecule has 3 N–H and O–H groups in total. The minimum atomic E-state index is -1.15. The Morgan fingerprint density at radius 1 is 1.00 bits per heavy atom. The minimum absolute atomic E-state index is 0.120. The van der Waals surface area contributed by atoms with E-state index in [0.717, 1.165) is 21.7 Å². The van der Waals surface area contributed by atoms with Crippen LogP contribution in [0, 0.1) is 0 Å². The van der Waals surface area contributed by atoms with Crippen molar-refractivity contribution in [2.75, 3.05) is 11.9 Å². The first-order valence-corrected chi connectivity index (χ1v) is 8.89. The van der Waals surface area contributed by atoms with Crippen LogP contribution in [0.15, 0.2) is 72.1 Å². The lowest BCUT2D eigenvalue weighted by atomic mass is 9.94. The highest BCUT2D eigenvalue weighted by molar-refractivity contribution is 7.14. The van der Waals surface area contributed by atoms with Gasteiger partial charge in [-0.1, -0.05) is 54.6 Å². The summed E-state index contributed by atoms with van der Waals surface area (Å²) in [5.74, 6) is 0. The first kappa shape index (κ1) is 17.2. The predicted octanol–water partition coefficient (Wildman–Crippen LogP) is 4.44. The van der Waals surface area contributed by atoms with Gasteiger partial charge in [0.2, 0.25) is 0 Å². The molecule has 0 aliphatic heterocycles. The second-order valence-electron chi connectivity index (χ2n) is 6.00. The van der Waals surface area contributed by atoms with Crippen LogP contribution in [0.5, 0.6) is 0 Å². The molecule has 1 heterocycles. The van der Waals surface area contributed by atoms with Crippen molar-refractivity contribution in [1.29, 1.82) is 0 Å². The molecular weight excluding hydrogens is 332 g/mol. The zero-order valence-corrected chi connectivity index (χ0v) is 14.7. The normalized spacial score (nSPS) is 13.0. The van der Waals surface area contributed by atoms with Gasteiger partial charge in [-0.05, 0) is 41.1 Å². The molecule has 3 aromatic rings. The average Bonchev–Trinajstić information content (AvgIpc) is 3.14. The van der Waals surface area contributed by atoms with Crippen molar-refractivity contribution < 1.29 is 9.90 Å². The molecule has 0 aliphatic carbocycles. The maximum Gasteiger partial charge on any atom is 0.319 e. The Labute approximate surface area is 151 Å². The Morgan fingerprint density at radius 2 is 1.68 bits per heavy atom. The van der Waals surface area contributed by atoms with Crippen LogP contribution < -0.4 is 10.6 Å². The summed E-state index contributed by atoms with van der Waals surface area (Å²) in [6.07, 6.45) is 0. The molecule has 2 amide bonds. The van der Waals surface area contributed by atoms with E-state index in [9.17, 15) is 9.90 Å². The molecule has 25 heavy (non-hydrogen) atoms. The Balaban J connectivity index is 1.62. The summed E-state index contributed by atoms with van der Waals surface area (Å²) >= 11 is 1.45. The molecule has 0 fully saturated rings. The zero-order valence-electron chi connectivity index (χ0n) is 13.9. The van der Waals surface area contributed by atoms with E-state index in [-0.39, 0.29) is 12.6 Å². The first-order valence-electron chi connectivity index (χ1n) is 8.01. The van der Waals surface area contributed by atoms with E-state index in [2.05, 4.69) is 10.6 Å². The maximum absolute atomic E-state index is 11.9. The van der Waals surface area contributed by atoms with Gasteiger partial charge in [0.05, 0.1) is 11.5 Å². The molecule has 0 bridgehead atoms. The van der Waals surface area contributed by atoms with E-state index in [4.69, 9.17) is 0 Å². The summed E-state index contributed by atoms with van der Waals surface area (Å²) < 4.78 is 0. The third-order valence-electron chi connectivity index (χ3n) is 3.96. The van der Waals surface area contributed by atoms with Gasteiger partial charge < -0.3 is 10.4 Å². The molecule has 1 atom stereocenters. The van der Waals surface area contributed by atoms with Gasteiger partial charge in [0.1, 0.15) is 5.60 Å². The summed E-state index contributed by atoms with van der Waals surface area (Å²) in [5, 5.41) is 18.8. The van der Waals surface area contributed by atoms with Gasteiger partial charge in [-0.2, -0.15) is 0 Å². The highest BCUT2D eigenvalue weighted by atomic mass is 32.1. The zero-order chi connectivity index (χ0) is 17.7. The van der Waals surface area contributed by atoms with E-state index in [1.54, 1.807) is 6.92 Å². The molecule has 1 aromatic heterocycles. The molecule has 2 aromatic carbocycles. The second kappa shape index (κ2) is 7.51. The third kappa shape index (κ3) is 4.47. The molecule has 0 unspecified atom stereocenters. The van der Waals surface area contributed by atoms with E-state index >= 15 is 0 Å². The highest BCUT2D eigenvalue weighted by Crippen LogP contribution is 2.25. The Bertz CT molecular complexity index is 813. The van der Waals surface area contributed by atoms with E-state index < -0.39 is 5.60 Å². The Morgan fingerprint density at radius 3 is 2.32 bits per heavy atom. The van der Waals surface area contributed by atoms with Crippen LogP contribution in [0.4, 0.5) is 9.80 Å². The molecule has 0 aliphatic rings. The highest BCUT2D eigenvalue weighted by Gasteiger charge is 2.23. The van der Waals surface area contributed by atoms with Crippen molar-refractivity contribution in [1.82, 2.24) is 5.32 Å². The lowest BCUT2D eigenvalue weighted by molar-refractivity contribution is 0.0600. The number of amides is 2. The van der Waals surface area contributed by atoms with E-state index in [1.807, 2.05) is 72.1 Å². The second-order valence-corrected chi connectivity index (χ2v) is 6.95. The number of urea groups is 1. The van der Waals surface area contributed by atoms with Crippen molar-refractivity contribution in [3.05, 3.63) is 77.7 Å². The van der Waals surface area contributed by atoms with Crippen molar-refractivity contribution in [3.8, 4) is 11.1 Å². The Kier molecular flexibility index (Phi) is 5.16. The SMILES string of the molecule is C[C@](O)(CNC(=O)Nc1cccs1)c1ccc(-c2ccccc2)cc1. The fraction of sp³-hybridized carbons (Fsp3) is 0.150.